The van der Waals surface area contributed by atoms with Crippen molar-refractivity contribution in [3.05, 3.63) is 53.6 Å². The third kappa shape index (κ3) is 6.02. The molecule has 1 saturated carbocycles. The lowest BCUT2D eigenvalue weighted by Crippen LogP contribution is -2.33. The zero-order valence-electron chi connectivity index (χ0n) is 18.9. The number of benzene rings is 2. The second-order valence-corrected chi connectivity index (χ2v) is 9.09. The van der Waals surface area contributed by atoms with Crippen molar-refractivity contribution in [3.8, 4) is 5.75 Å². The first-order valence-corrected chi connectivity index (χ1v) is 11.8. The number of hydrogen-bond donors (Lipinski definition) is 2. The Morgan fingerprint density at radius 1 is 1.00 bits per heavy atom. The number of ether oxygens (including phenoxy) is 1. The van der Waals surface area contributed by atoms with Crippen molar-refractivity contribution in [2.45, 2.75) is 31.7 Å². The highest BCUT2D eigenvalue weighted by molar-refractivity contribution is 6.30. The molecule has 4 rings (SSSR count). The molecule has 0 atom stereocenters. The molecule has 1 heterocycles. The van der Waals surface area contributed by atoms with E-state index < -0.39 is 0 Å². The highest BCUT2D eigenvalue weighted by atomic mass is 35.5. The number of aromatic nitrogens is 2. The van der Waals surface area contributed by atoms with Crippen LogP contribution in [0.25, 0.3) is 10.9 Å². The Bertz CT molecular complexity index is 1000. The maximum absolute atomic E-state index is 5.90. The van der Waals surface area contributed by atoms with Crippen LogP contribution >= 0.6 is 11.6 Å². The molecule has 0 spiro atoms. The molecule has 6 nitrogen and oxygen atoms in total. The summed E-state index contributed by atoms with van der Waals surface area (Å²) in [6.07, 6.45) is 4.69. The van der Waals surface area contributed by atoms with E-state index in [-0.39, 0.29) is 0 Å². The molecule has 1 aromatic heterocycles. The number of para-hydroxylation sites is 1. The van der Waals surface area contributed by atoms with Gasteiger partial charge in [-0.25, -0.2) is 4.98 Å². The monoisotopic (exact) mass is 453 g/mol. The Morgan fingerprint density at radius 3 is 2.50 bits per heavy atom. The van der Waals surface area contributed by atoms with Crippen molar-refractivity contribution in [1.82, 2.24) is 15.3 Å². The van der Waals surface area contributed by atoms with Crippen LogP contribution < -0.4 is 20.3 Å². The summed E-state index contributed by atoms with van der Waals surface area (Å²) in [7, 11) is 4.05. The van der Waals surface area contributed by atoms with Crippen molar-refractivity contribution < 1.29 is 4.74 Å². The second-order valence-electron chi connectivity index (χ2n) is 8.65. The minimum atomic E-state index is 0.427. The molecule has 7 heteroatoms. The van der Waals surface area contributed by atoms with Crippen LogP contribution in [0.3, 0.4) is 0 Å². The summed E-state index contributed by atoms with van der Waals surface area (Å²) < 4.78 is 5.74. The maximum Gasteiger partial charge on any atom is 0.225 e. The van der Waals surface area contributed by atoms with Crippen LogP contribution in [0.1, 0.15) is 25.7 Å². The van der Waals surface area contributed by atoms with Gasteiger partial charge in [0.2, 0.25) is 5.95 Å². The van der Waals surface area contributed by atoms with Gasteiger partial charge in [-0.1, -0.05) is 23.7 Å². The lowest BCUT2D eigenvalue weighted by Gasteiger charge is -2.29. The summed E-state index contributed by atoms with van der Waals surface area (Å²) in [5.74, 6) is 3.25. The quantitative estimate of drug-likeness (QED) is 0.445. The number of nitrogens with one attached hydrogen (secondary N) is 2. The highest BCUT2D eigenvalue weighted by Gasteiger charge is 2.22. The third-order valence-corrected chi connectivity index (χ3v) is 6.23. The van der Waals surface area contributed by atoms with Gasteiger partial charge in [0.1, 0.15) is 18.2 Å². The van der Waals surface area contributed by atoms with Crippen molar-refractivity contribution in [1.29, 1.82) is 0 Å². The molecule has 0 saturated heterocycles. The fourth-order valence-electron chi connectivity index (χ4n) is 4.24. The normalized spacial score (nSPS) is 18.5. The molecule has 170 valence electrons. The second kappa shape index (κ2) is 10.8. The van der Waals surface area contributed by atoms with Gasteiger partial charge in [0.25, 0.3) is 0 Å². The van der Waals surface area contributed by atoms with E-state index in [2.05, 4.69) is 27.7 Å². The number of fused-ring (bicyclic) bond motifs is 1. The van der Waals surface area contributed by atoms with E-state index in [0.29, 0.717) is 18.6 Å². The summed E-state index contributed by atoms with van der Waals surface area (Å²) in [5, 5.41) is 8.94. The van der Waals surface area contributed by atoms with E-state index in [0.717, 1.165) is 59.4 Å². The molecule has 2 N–H and O–H groups in total. The predicted octanol–water partition coefficient (Wildman–Crippen LogP) is 4.99. The fourth-order valence-corrected chi connectivity index (χ4v) is 4.36. The molecule has 2 aromatic carbocycles. The predicted molar refractivity (Wildman–Crippen MR) is 133 cm³/mol. The first-order chi connectivity index (χ1) is 15.6. The summed E-state index contributed by atoms with van der Waals surface area (Å²) >= 11 is 5.90. The van der Waals surface area contributed by atoms with E-state index in [1.165, 1.54) is 12.8 Å². The van der Waals surface area contributed by atoms with Gasteiger partial charge >= 0.3 is 0 Å². The number of anilines is 2. The highest BCUT2D eigenvalue weighted by Crippen LogP contribution is 2.28. The largest absolute Gasteiger partial charge is 0.492 e. The molecule has 32 heavy (non-hydrogen) atoms. The molecule has 1 aliphatic carbocycles. The van der Waals surface area contributed by atoms with Gasteiger partial charge in [-0.3, -0.25) is 0 Å². The summed E-state index contributed by atoms with van der Waals surface area (Å²) in [6, 6.07) is 16.1. The van der Waals surface area contributed by atoms with E-state index in [4.69, 9.17) is 26.3 Å². The van der Waals surface area contributed by atoms with Gasteiger partial charge in [0.15, 0.2) is 0 Å². The number of rotatable bonds is 9. The number of nitrogens with zero attached hydrogens (tertiary/aromatic N) is 3. The van der Waals surface area contributed by atoms with E-state index in [1.54, 1.807) is 0 Å². The Labute approximate surface area is 195 Å². The Balaban J connectivity index is 1.20. The average molecular weight is 454 g/mol. The van der Waals surface area contributed by atoms with Crippen LogP contribution in [0.5, 0.6) is 5.75 Å². The number of halogens is 1. The maximum atomic E-state index is 5.90. The van der Waals surface area contributed by atoms with Crippen LogP contribution in [-0.4, -0.2) is 49.8 Å². The molecule has 0 bridgehead atoms. The SMILES string of the molecule is CN(C)c1nc(NC2CCC(CNCCOc3ccc(Cl)cc3)CC2)nc2ccccc12. The minimum Gasteiger partial charge on any atom is -0.492 e. The van der Waals surface area contributed by atoms with Gasteiger partial charge < -0.3 is 20.3 Å². The van der Waals surface area contributed by atoms with Gasteiger partial charge in [-0.05, 0) is 74.5 Å². The molecular weight excluding hydrogens is 422 g/mol. The van der Waals surface area contributed by atoms with Crippen molar-refractivity contribution in [2.75, 3.05) is 44.0 Å². The zero-order valence-corrected chi connectivity index (χ0v) is 19.6. The van der Waals surface area contributed by atoms with Crippen molar-refractivity contribution in [3.63, 3.8) is 0 Å². The third-order valence-electron chi connectivity index (χ3n) is 5.98. The van der Waals surface area contributed by atoms with E-state index >= 15 is 0 Å². The number of hydrogen-bond acceptors (Lipinski definition) is 6. The van der Waals surface area contributed by atoms with E-state index in [9.17, 15) is 0 Å². The molecule has 0 unspecified atom stereocenters. The summed E-state index contributed by atoms with van der Waals surface area (Å²) in [4.78, 5) is 11.6. The van der Waals surface area contributed by atoms with Gasteiger partial charge in [-0.15, -0.1) is 0 Å². The van der Waals surface area contributed by atoms with Crippen LogP contribution in [0.4, 0.5) is 11.8 Å². The van der Waals surface area contributed by atoms with Crippen molar-refractivity contribution >= 4 is 34.3 Å². The molecular formula is C25H32ClN5O. The Morgan fingerprint density at radius 2 is 1.75 bits per heavy atom. The van der Waals surface area contributed by atoms with Gasteiger partial charge in [0.05, 0.1) is 5.52 Å². The minimum absolute atomic E-state index is 0.427. The summed E-state index contributed by atoms with van der Waals surface area (Å²) in [6.45, 7) is 2.54. The zero-order chi connectivity index (χ0) is 22.3. The first kappa shape index (κ1) is 22.6. The molecule has 1 fully saturated rings. The smallest absolute Gasteiger partial charge is 0.225 e. The molecule has 1 aliphatic rings. The lowest BCUT2D eigenvalue weighted by atomic mass is 9.86. The van der Waals surface area contributed by atoms with Gasteiger partial charge in [-0.2, -0.15) is 4.98 Å². The standard InChI is InChI=1S/C25H32ClN5O/c1-31(2)24-22-5-3-4-6-23(22)29-25(30-24)28-20-11-7-18(8-12-20)17-27-15-16-32-21-13-9-19(26)10-14-21/h3-6,9-10,13-14,18,20,27H,7-8,11-12,15-17H2,1-2H3,(H,28,29,30). The topological polar surface area (TPSA) is 62.3 Å². The lowest BCUT2D eigenvalue weighted by molar-refractivity contribution is 0.289. The first-order valence-electron chi connectivity index (χ1n) is 11.4. The van der Waals surface area contributed by atoms with Crippen LogP contribution in [0.2, 0.25) is 5.02 Å². The molecule has 0 radical (unpaired) electrons. The van der Waals surface area contributed by atoms with E-state index in [1.807, 2.05) is 50.5 Å². The molecule has 3 aromatic rings. The fraction of sp³-hybridized carbons (Fsp3) is 0.440. The van der Waals surface area contributed by atoms with Crippen molar-refractivity contribution in [2.24, 2.45) is 5.92 Å². The van der Waals surface area contributed by atoms with Crippen LogP contribution in [0, 0.1) is 5.92 Å². The Hall–Kier alpha value is -2.57. The molecule has 0 amide bonds. The summed E-state index contributed by atoms with van der Waals surface area (Å²) in [5.41, 5.74) is 0.979. The van der Waals surface area contributed by atoms with Crippen LogP contribution in [0.15, 0.2) is 48.5 Å². The van der Waals surface area contributed by atoms with Crippen LogP contribution in [-0.2, 0) is 0 Å². The molecule has 0 aliphatic heterocycles. The van der Waals surface area contributed by atoms with Gasteiger partial charge in [0, 0.05) is 37.1 Å². The average Bonchev–Trinajstić information content (AvgIpc) is 2.80. The Kier molecular flexibility index (Phi) is 7.66.